The molecule has 6 nitrogen and oxygen atoms in total. The van der Waals surface area contributed by atoms with Crippen molar-refractivity contribution in [1.29, 1.82) is 0 Å². The number of aryl methyl sites for hydroxylation is 1. The molecule has 0 atom stereocenters. The zero-order chi connectivity index (χ0) is 18.2. The molecule has 1 aromatic heterocycles. The van der Waals surface area contributed by atoms with E-state index in [9.17, 15) is 9.59 Å². The Morgan fingerprint density at radius 1 is 1.04 bits per heavy atom. The first kappa shape index (κ1) is 18.4. The van der Waals surface area contributed by atoms with E-state index in [-0.39, 0.29) is 6.54 Å². The highest BCUT2D eigenvalue weighted by Crippen LogP contribution is 2.13. The number of para-hydroxylation sites is 1. The van der Waals surface area contributed by atoms with Crippen LogP contribution >= 0.6 is 0 Å². The molecule has 0 saturated carbocycles. The number of hydrogen-bond acceptors (Lipinski definition) is 4. The van der Waals surface area contributed by atoms with E-state index < -0.39 is 11.8 Å². The van der Waals surface area contributed by atoms with Gasteiger partial charge in [-0.05, 0) is 44.0 Å². The number of nitrogens with one attached hydrogen (secondary N) is 2. The summed E-state index contributed by atoms with van der Waals surface area (Å²) < 4.78 is 0. The molecule has 0 aliphatic heterocycles. The number of aromatic nitrogens is 1. The normalized spacial score (nSPS) is 10.2. The van der Waals surface area contributed by atoms with Gasteiger partial charge in [0.1, 0.15) is 5.82 Å². The maximum Gasteiger partial charge on any atom is 0.313 e. The van der Waals surface area contributed by atoms with Gasteiger partial charge in [0.05, 0.1) is 0 Å². The average molecular weight is 340 g/mol. The van der Waals surface area contributed by atoms with Gasteiger partial charge in [-0.25, -0.2) is 4.98 Å². The Balaban J connectivity index is 1.89. The van der Waals surface area contributed by atoms with E-state index >= 15 is 0 Å². The molecule has 6 heteroatoms. The number of amides is 2. The number of nitrogens with zero attached hydrogens (tertiary/aromatic N) is 2. The second-order valence-electron chi connectivity index (χ2n) is 5.65. The standard InChI is InChI=1S/C19H24N4O2/c1-4-23(5-2)17-11-10-15(12-20-17)13-21-18(24)19(25)22-16-9-7-6-8-14(16)3/h6-12H,4-5,13H2,1-3H3,(H,21,24)(H,22,25). The summed E-state index contributed by atoms with van der Waals surface area (Å²) in [7, 11) is 0. The molecule has 132 valence electrons. The number of carbonyl (C=O) groups is 2. The first-order chi connectivity index (χ1) is 12.0. The predicted octanol–water partition coefficient (Wildman–Crippen LogP) is 2.49. The van der Waals surface area contributed by atoms with Crippen molar-refractivity contribution < 1.29 is 9.59 Å². The summed E-state index contributed by atoms with van der Waals surface area (Å²) in [6.07, 6.45) is 1.72. The van der Waals surface area contributed by atoms with Crippen LogP contribution in [0.5, 0.6) is 0 Å². The van der Waals surface area contributed by atoms with Crippen molar-refractivity contribution in [3.8, 4) is 0 Å². The van der Waals surface area contributed by atoms with Crippen molar-refractivity contribution >= 4 is 23.3 Å². The Morgan fingerprint density at radius 2 is 1.76 bits per heavy atom. The Bertz CT molecular complexity index is 724. The molecule has 0 fully saturated rings. The molecule has 2 aromatic rings. The number of benzene rings is 1. The van der Waals surface area contributed by atoms with Gasteiger partial charge < -0.3 is 15.5 Å². The highest BCUT2D eigenvalue weighted by Gasteiger charge is 2.14. The fourth-order valence-electron chi connectivity index (χ4n) is 2.41. The molecule has 0 aliphatic rings. The summed E-state index contributed by atoms with van der Waals surface area (Å²) in [6.45, 7) is 8.05. The fourth-order valence-corrected chi connectivity index (χ4v) is 2.41. The van der Waals surface area contributed by atoms with Crippen molar-refractivity contribution in [2.24, 2.45) is 0 Å². The van der Waals surface area contributed by atoms with Crippen molar-refractivity contribution in [1.82, 2.24) is 10.3 Å². The zero-order valence-corrected chi connectivity index (χ0v) is 14.9. The van der Waals surface area contributed by atoms with Gasteiger partial charge >= 0.3 is 11.8 Å². The second-order valence-corrected chi connectivity index (χ2v) is 5.65. The van der Waals surface area contributed by atoms with E-state index in [1.165, 1.54) is 0 Å². The van der Waals surface area contributed by atoms with Crippen molar-refractivity contribution in [3.63, 3.8) is 0 Å². The van der Waals surface area contributed by atoms with E-state index in [0.29, 0.717) is 5.69 Å². The molecule has 2 amide bonds. The van der Waals surface area contributed by atoms with Crippen LogP contribution in [0.1, 0.15) is 25.0 Å². The molecule has 25 heavy (non-hydrogen) atoms. The van der Waals surface area contributed by atoms with Gasteiger partial charge in [-0.1, -0.05) is 24.3 Å². The number of rotatable bonds is 6. The van der Waals surface area contributed by atoms with Gasteiger partial charge in [0, 0.05) is 31.5 Å². The van der Waals surface area contributed by atoms with Crippen LogP contribution in [0.15, 0.2) is 42.6 Å². The summed E-state index contributed by atoms with van der Waals surface area (Å²) in [5, 5.41) is 5.22. The quantitative estimate of drug-likeness (QED) is 0.792. The van der Waals surface area contributed by atoms with Gasteiger partial charge in [-0.2, -0.15) is 0 Å². The molecular formula is C19H24N4O2. The molecule has 2 N–H and O–H groups in total. The third kappa shape index (κ3) is 5.04. The molecule has 0 aliphatic carbocycles. The molecule has 1 heterocycles. The van der Waals surface area contributed by atoms with Crippen LogP contribution in [-0.2, 0) is 16.1 Å². The highest BCUT2D eigenvalue weighted by molar-refractivity contribution is 6.39. The lowest BCUT2D eigenvalue weighted by Gasteiger charge is -2.19. The number of carbonyl (C=O) groups excluding carboxylic acids is 2. The fraction of sp³-hybridized carbons (Fsp3) is 0.316. The third-order valence-corrected chi connectivity index (χ3v) is 3.95. The first-order valence-electron chi connectivity index (χ1n) is 8.39. The van der Waals surface area contributed by atoms with Crippen LogP contribution in [0, 0.1) is 6.92 Å². The van der Waals surface area contributed by atoms with Crippen LogP contribution < -0.4 is 15.5 Å². The van der Waals surface area contributed by atoms with Crippen LogP contribution in [-0.4, -0.2) is 29.9 Å². The topological polar surface area (TPSA) is 74.3 Å². The molecule has 0 saturated heterocycles. The molecule has 0 spiro atoms. The molecule has 0 radical (unpaired) electrons. The van der Waals surface area contributed by atoms with Crippen LogP contribution in [0.4, 0.5) is 11.5 Å². The van der Waals surface area contributed by atoms with Gasteiger partial charge in [0.15, 0.2) is 0 Å². The summed E-state index contributed by atoms with van der Waals surface area (Å²) >= 11 is 0. The van der Waals surface area contributed by atoms with Gasteiger partial charge in [-0.3, -0.25) is 9.59 Å². The number of pyridine rings is 1. The summed E-state index contributed by atoms with van der Waals surface area (Å²) in [5.41, 5.74) is 2.38. The third-order valence-electron chi connectivity index (χ3n) is 3.95. The Kier molecular flexibility index (Phi) is 6.51. The number of hydrogen-bond donors (Lipinski definition) is 2. The minimum absolute atomic E-state index is 0.256. The van der Waals surface area contributed by atoms with Crippen LogP contribution in [0.2, 0.25) is 0 Å². The number of anilines is 2. The summed E-state index contributed by atoms with van der Waals surface area (Å²) in [5.74, 6) is -0.449. The Morgan fingerprint density at radius 3 is 2.36 bits per heavy atom. The maximum absolute atomic E-state index is 12.0. The Hall–Kier alpha value is -2.89. The highest BCUT2D eigenvalue weighted by atomic mass is 16.2. The van der Waals surface area contributed by atoms with Gasteiger partial charge in [0.2, 0.25) is 0 Å². The SMILES string of the molecule is CCN(CC)c1ccc(CNC(=O)C(=O)Nc2ccccc2C)cn1. The molecular weight excluding hydrogens is 316 g/mol. The van der Waals surface area contributed by atoms with Crippen molar-refractivity contribution in [3.05, 3.63) is 53.7 Å². The lowest BCUT2D eigenvalue weighted by Crippen LogP contribution is -2.35. The monoisotopic (exact) mass is 340 g/mol. The predicted molar refractivity (Wildman–Crippen MR) is 99.5 cm³/mol. The Labute approximate surface area is 148 Å². The van der Waals surface area contributed by atoms with E-state index in [2.05, 4.69) is 34.4 Å². The summed E-state index contributed by atoms with van der Waals surface area (Å²) in [6, 6.07) is 11.1. The molecule has 0 unspecified atom stereocenters. The minimum atomic E-state index is -0.679. The molecule has 1 aromatic carbocycles. The smallest absolute Gasteiger partial charge is 0.313 e. The van der Waals surface area contributed by atoms with Gasteiger partial charge in [0.25, 0.3) is 0 Å². The maximum atomic E-state index is 12.0. The van der Waals surface area contributed by atoms with Crippen molar-refractivity contribution in [2.75, 3.05) is 23.3 Å². The largest absolute Gasteiger partial charge is 0.357 e. The van der Waals surface area contributed by atoms with E-state index in [1.54, 1.807) is 12.3 Å². The lowest BCUT2D eigenvalue weighted by atomic mass is 10.2. The van der Waals surface area contributed by atoms with E-state index in [1.807, 2.05) is 37.3 Å². The molecule has 2 rings (SSSR count). The van der Waals surface area contributed by atoms with Gasteiger partial charge in [-0.15, -0.1) is 0 Å². The van der Waals surface area contributed by atoms with E-state index in [4.69, 9.17) is 0 Å². The first-order valence-corrected chi connectivity index (χ1v) is 8.39. The second kappa shape index (κ2) is 8.82. The van der Waals surface area contributed by atoms with Crippen LogP contribution in [0.25, 0.3) is 0 Å². The average Bonchev–Trinajstić information content (AvgIpc) is 2.63. The van der Waals surface area contributed by atoms with E-state index in [0.717, 1.165) is 30.0 Å². The zero-order valence-electron chi connectivity index (χ0n) is 14.9. The van der Waals surface area contributed by atoms with Crippen molar-refractivity contribution in [2.45, 2.75) is 27.3 Å². The molecule has 0 bridgehead atoms. The lowest BCUT2D eigenvalue weighted by molar-refractivity contribution is -0.136. The summed E-state index contributed by atoms with van der Waals surface area (Å²) in [4.78, 5) is 30.4. The minimum Gasteiger partial charge on any atom is -0.357 e. The van der Waals surface area contributed by atoms with Crippen LogP contribution in [0.3, 0.4) is 0 Å².